The highest BCUT2D eigenvalue weighted by molar-refractivity contribution is 5.91. The van der Waals surface area contributed by atoms with Gasteiger partial charge in [-0.05, 0) is 25.5 Å². The summed E-state index contributed by atoms with van der Waals surface area (Å²) in [5.41, 5.74) is 1.04. The molecule has 2 aromatic heterocycles. The highest BCUT2D eigenvalue weighted by atomic mass is 16.5. The van der Waals surface area contributed by atoms with Gasteiger partial charge in [0.1, 0.15) is 11.6 Å². The monoisotopic (exact) mass is 353 g/mol. The van der Waals surface area contributed by atoms with E-state index in [9.17, 15) is 9.59 Å². The molecule has 0 atom stereocenters. The molecular weight excluding hydrogens is 334 g/mol. The van der Waals surface area contributed by atoms with E-state index in [0.29, 0.717) is 29.4 Å². The van der Waals surface area contributed by atoms with Crippen molar-refractivity contribution in [1.82, 2.24) is 19.7 Å². The maximum atomic E-state index is 12.2. The molecule has 1 amide bonds. The van der Waals surface area contributed by atoms with E-state index in [1.54, 1.807) is 25.1 Å². The molecule has 2 heterocycles. The lowest BCUT2D eigenvalue weighted by Gasteiger charge is -2.09. The zero-order chi connectivity index (χ0) is 18.5. The molecule has 0 aliphatic rings. The van der Waals surface area contributed by atoms with Crippen LogP contribution in [-0.4, -0.2) is 32.3 Å². The lowest BCUT2D eigenvalue weighted by molar-refractivity contribution is -0.118. The fourth-order valence-corrected chi connectivity index (χ4v) is 2.37. The van der Waals surface area contributed by atoms with Crippen LogP contribution in [0.3, 0.4) is 0 Å². The van der Waals surface area contributed by atoms with Crippen LogP contribution in [-0.2, 0) is 11.2 Å². The van der Waals surface area contributed by atoms with E-state index < -0.39 is 0 Å². The first-order chi connectivity index (χ1) is 12.5. The molecule has 1 aromatic carbocycles. The van der Waals surface area contributed by atoms with Gasteiger partial charge in [0.15, 0.2) is 6.61 Å². The van der Waals surface area contributed by atoms with Gasteiger partial charge in [-0.3, -0.25) is 14.6 Å². The Morgan fingerprint density at radius 2 is 2.04 bits per heavy atom. The second kappa shape index (κ2) is 7.64. The van der Waals surface area contributed by atoms with Crippen molar-refractivity contribution in [3.05, 3.63) is 64.2 Å². The largest absolute Gasteiger partial charge is 0.484 e. The Hall–Kier alpha value is -3.42. The van der Waals surface area contributed by atoms with Crippen molar-refractivity contribution in [2.75, 3.05) is 11.9 Å². The Labute approximate surface area is 149 Å². The molecule has 0 aliphatic heterocycles. The predicted octanol–water partition coefficient (Wildman–Crippen LogP) is 1.84. The van der Waals surface area contributed by atoms with E-state index in [-0.39, 0.29) is 24.0 Å². The maximum Gasteiger partial charge on any atom is 0.263 e. The average molecular weight is 353 g/mol. The van der Waals surface area contributed by atoms with Gasteiger partial charge in [0.05, 0.1) is 5.69 Å². The molecule has 3 rings (SSSR count). The van der Waals surface area contributed by atoms with Crippen molar-refractivity contribution in [3.8, 4) is 11.7 Å². The molecular formula is C18H19N5O3. The maximum absolute atomic E-state index is 12.2. The molecule has 8 heteroatoms. The molecule has 0 saturated heterocycles. The van der Waals surface area contributed by atoms with Crippen molar-refractivity contribution in [2.45, 2.75) is 20.3 Å². The number of benzene rings is 1. The predicted molar refractivity (Wildman–Crippen MR) is 96.7 cm³/mol. The number of hydrogen-bond donors (Lipinski definition) is 2. The van der Waals surface area contributed by atoms with Crippen molar-refractivity contribution in [1.29, 1.82) is 0 Å². The molecule has 0 unspecified atom stereocenters. The van der Waals surface area contributed by atoms with Crippen molar-refractivity contribution in [2.24, 2.45) is 0 Å². The van der Waals surface area contributed by atoms with E-state index in [2.05, 4.69) is 20.4 Å². The van der Waals surface area contributed by atoms with Gasteiger partial charge in [0.2, 0.25) is 5.95 Å². The van der Waals surface area contributed by atoms with Crippen LogP contribution in [0, 0.1) is 6.92 Å². The van der Waals surface area contributed by atoms with Crippen LogP contribution < -0.4 is 15.6 Å². The summed E-state index contributed by atoms with van der Waals surface area (Å²) in [7, 11) is 0. The standard InChI is InChI=1S/C18H19N5O3/c1-3-13-10-16(24)21-18(19-13)23-15(9-12(2)22-23)20-17(25)11-26-14-7-5-4-6-8-14/h4-10H,3,11H2,1-2H3,(H,20,25)(H,19,21,24). The summed E-state index contributed by atoms with van der Waals surface area (Å²) >= 11 is 0. The Kier molecular flexibility index (Phi) is 5.12. The van der Waals surface area contributed by atoms with Gasteiger partial charge in [-0.1, -0.05) is 25.1 Å². The van der Waals surface area contributed by atoms with E-state index in [4.69, 9.17) is 4.74 Å². The van der Waals surface area contributed by atoms with Crippen molar-refractivity contribution < 1.29 is 9.53 Å². The van der Waals surface area contributed by atoms with Crippen LogP contribution in [0.25, 0.3) is 5.95 Å². The summed E-state index contributed by atoms with van der Waals surface area (Å²) in [5.74, 6) is 0.917. The minimum Gasteiger partial charge on any atom is -0.484 e. The van der Waals surface area contributed by atoms with E-state index >= 15 is 0 Å². The number of amides is 1. The van der Waals surface area contributed by atoms with E-state index in [1.807, 2.05) is 25.1 Å². The number of nitrogens with zero attached hydrogens (tertiary/aromatic N) is 3. The molecule has 3 aromatic rings. The quantitative estimate of drug-likeness (QED) is 0.704. The Bertz CT molecular complexity index is 962. The van der Waals surface area contributed by atoms with E-state index in [0.717, 1.165) is 0 Å². The van der Waals surface area contributed by atoms with Crippen LogP contribution in [0.4, 0.5) is 5.82 Å². The smallest absolute Gasteiger partial charge is 0.263 e. The minimum absolute atomic E-state index is 0.146. The summed E-state index contributed by atoms with van der Waals surface area (Å²) in [6.07, 6.45) is 0.615. The normalized spacial score (nSPS) is 10.5. The summed E-state index contributed by atoms with van der Waals surface area (Å²) < 4.78 is 6.83. The fourth-order valence-electron chi connectivity index (χ4n) is 2.37. The zero-order valence-corrected chi connectivity index (χ0v) is 14.5. The molecule has 0 aliphatic carbocycles. The SMILES string of the molecule is CCc1cc(=O)[nH]c(-n2nc(C)cc2NC(=O)COc2ccccc2)n1. The highest BCUT2D eigenvalue weighted by Gasteiger charge is 2.14. The molecule has 0 fully saturated rings. The van der Waals surface area contributed by atoms with E-state index in [1.165, 1.54) is 10.7 Å². The van der Waals surface area contributed by atoms with Gasteiger partial charge in [-0.25, -0.2) is 4.98 Å². The molecule has 0 saturated carbocycles. The van der Waals surface area contributed by atoms with Crippen LogP contribution in [0.15, 0.2) is 47.3 Å². The van der Waals surface area contributed by atoms with Gasteiger partial charge in [-0.2, -0.15) is 9.78 Å². The third kappa shape index (κ3) is 4.15. The molecule has 26 heavy (non-hydrogen) atoms. The summed E-state index contributed by atoms with van der Waals surface area (Å²) in [5, 5.41) is 7.03. The first kappa shape index (κ1) is 17.4. The summed E-state index contributed by atoms with van der Waals surface area (Å²) in [6.45, 7) is 3.55. The van der Waals surface area contributed by atoms with Gasteiger partial charge in [0, 0.05) is 17.8 Å². The molecule has 8 nitrogen and oxygen atoms in total. The average Bonchev–Trinajstić information content (AvgIpc) is 3.00. The fraction of sp³-hybridized carbons (Fsp3) is 0.222. The third-order valence-electron chi connectivity index (χ3n) is 3.56. The summed E-state index contributed by atoms with van der Waals surface area (Å²) in [4.78, 5) is 31.0. The Morgan fingerprint density at radius 1 is 1.27 bits per heavy atom. The Balaban J connectivity index is 1.78. The number of aromatic nitrogens is 4. The third-order valence-corrected chi connectivity index (χ3v) is 3.56. The minimum atomic E-state index is -0.344. The van der Waals surface area contributed by atoms with Crippen molar-refractivity contribution >= 4 is 11.7 Å². The molecule has 134 valence electrons. The number of nitrogens with one attached hydrogen (secondary N) is 2. The lowest BCUT2D eigenvalue weighted by atomic mass is 10.3. The second-order valence-corrected chi connectivity index (χ2v) is 5.65. The molecule has 0 radical (unpaired) electrons. The second-order valence-electron chi connectivity index (χ2n) is 5.65. The lowest BCUT2D eigenvalue weighted by Crippen LogP contribution is -2.23. The number of para-hydroxylation sites is 1. The zero-order valence-electron chi connectivity index (χ0n) is 14.5. The van der Waals surface area contributed by atoms with Gasteiger partial charge < -0.3 is 10.1 Å². The number of carbonyl (C=O) groups excluding carboxylic acids is 1. The first-order valence-corrected chi connectivity index (χ1v) is 8.20. The molecule has 0 bridgehead atoms. The topological polar surface area (TPSA) is 102 Å². The number of anilines is 1. The number of carbonyl (C=O) groups is 1. The van der Waals surface area contributed by atoms with Crippen LogP contribution >= 0.6 is 0 Å². The highest BCUT2D eigenvalue weighted by Crippen LogP contribution is 2.14. The van der Waals surface area contributed by atoms with Gasteiger partial charge >= 0.3 is 0 Å². The van der Waals surface area contributed by atoms with Gasteiger partial charge in [-0.15, -0.1) is 0 Å². The Morgan fingerprint density at radius 3 is 2.77 bits per heavy atom. The van der Waals surface area contributed by atoms with Crippen LogP contribution in [0.5, 0.6) is 5.75 Å². The first-order valence-electron chi connectivity index (χ1n) is 8.20. The van der Waals surface area contributed by atoms with Crippen LogP contribution in [0.2, 0.25) is 0 Å². The van der Waals surface area contributed by atoms with Crippen molar-refractivity contribution in [3.63, 3.8) is 0 Å². The number of rotatable bonds is 6. The number of aryl methyl sites for hydroxylation is 2. The number of H-pyrrole nitrogens is 1. The van der Waals surface area contributed by atoms with Crippen LogP contribution in [0.1, 0.15) is 18.3 Å². The molecule has 2 N–H and O–H groups in total. The van der Waals surface area contributed by atoms with Gasteiger partial charge in [0.25, 0.3) is 11.5 Å². The molecule has 0 spiro atoms. The number of ether oxygens (including phenoxy) is 1. The number of hydrogen-bond acceptors (Lipinski definition) is 5. The number of aromatic amines is 1. The summed E-state index contributed by atoms with van der Waals surface area (Å²) in [6, 6.07) is 12.2.